The molecule has 72 valence electrons. The zero-order valence-electron chi connectivity index (χ0n) is 7.53. The van der Waals surface area contributed by atoms with Crippen LogP contribution in [0.2, 0.25) is 0 Å². The lowest BCUT2D eigenvalue weighted by Gasteiger charge is -2.06. The normalized spacial score (nSPS) is 12.5. The highest BCUT2D eigenvalue weighted by atomic mass is 19.1. The van der Waals surface area contributed by atoms with Crippen molar-refractivity contribution in [2.75, 3.05) is 6.61 Å². The van der Waals surface area contributed by atoms with Crippen LogP contribution in [0.5, 0.6) is 0 Å². The molecule has 0 bridgehead atoms. The second-order valence-corrected chi connectivity index (χ2v) is 2.51. The number of aryl methyl sites for hydroxylation is 1. The first-order valence-electron chi connectivity index (χ1n) is 3.94. The summed E-state index contributed by atoms with van der Waals surface area (Å²) in [5, 5.41) is 0. The van der Waals surface area contributed by atoms with E-state index in [1.54, 1.807) is 20.2 Å². The van der Waals surface area contributed by atoms with Gasteiger partial charge in [0.15, 0.2) is 5.82 Å². The van der Waals surface area contributed by atoms with E-state index in [0.29, 0.717) is 0 Å². The van der Waals surface area contributed by atoms with Crippen LogP contribution in [0, 0.1) is 0 Å². The van der Waals surface area contributed by atoms with E-state index in [9.17, 15) is 9.18 Å². The van der Waals surface area contributed by atoms with E-state index < -0.39 is 12.1 Å². The molecule has 0 aliphatic carbocycles. The van der Waals surface area contributed by atoms with E-state index in [2.05, 4.69) is 9.72 Å². The lowest BCUT2D eigenvalue weighted by Crippen LogP contribution is -2.15. The molecule has 0 fully saturated rings. The average molecular weight is 186 g/mol. The molecule has 1 heterocycles. The molecular formula is C8H11FN2O2. The zero-order chi connectivity index (χ0) is 9.84. The molecule has 1 atom stereocenters. The van der Waals surface area contributed by atoms with Crippen molar-refractivity contribution in [1.82, 2.24) is 9.55 Å². The number of hydrogen-bond donors (Lipinski definition) is 0. The molecule has 13 heavy (non-hydrogen) atoms. The van der Waals surface area contributed by atoms with Crippen LogP contribution in [0.3, 0.4) is 0 Å². The van der Waals surface area contributed by atoms with Crippen LogP contribution in [-0.2, 0) is 16.6 Å². The van der Waals surface area contributed by atoms with Crippen molar-refractivity contribution >= 4 is 5.97 Å². The van der Waals surface area contributed by atoms with E-state index in [1.807, 2.05) is 0 Å². The van der Waals surface area contributed by atoms with Crippen LogP contribution in [0.25, 0.3) is 0 Å². The Morgan fingerprint density at radius 1 is 1.85 bits per heavy atom. The van der Waals surface area contributed by atoms with Gasteiger partial charge in [-0.15, -0.1) is 0 Å². The molecule has 0 aliphatic rings. The highest BCUT2D eigenvalue weighted by Crippen LogP contribution is 2.15. The van der Waals surface area contributed by atoms with Crippen molar-refractivity contribution in [1.29, 1.82) is 0 Å². The average Bonchev–Trinajstić information content (AvgIpc) is 2.50. The number of rotatable bonds is 3. The fourth-order valence-corrected chi connectivity index (χ4v) is 0.942. The van der Waals surface area contributed by atoms with Gasteiger partial charge in [-0.1, -0.05) is 0 Å². The Morgan fingerprint density at radius 3 is 3.00 bits per heavy atom. The highest BCUT2D eigenvalue weighted by Gasteiger charge is 2.24. The van der Waals surface area contributed by atoms with Gasteiger partial charge in [-0.05, 0) is 6.92 Å². The number of imidazole rings is 1. The van der Waals surface area contributed by atoms with Crippen LogP contribution in [0.15, 0.2) is 12.4 Å². The summed E-state index contributed by atoms with van der Waals surface area (Å²) in [5.74, 6) is -0.824. The van der Waals surface area contributed by atoms with E-state index in [4.69, 9.17) is 0 Å². The number of aromatic nitrogens is 2. The van der Waals surface area contributed by atoms with Gasteiger partial charge in [0.05, 0.1) is 6.61 Å². The van der Waals surface area contributed by atoms with Gasteiger partial charge in [-0.2, -0.15) is 0 Å². The van der Waals surface area contributed by atoms with Gasteiger partial charge in [0.1, 0.15) is 0 Å². The first kappa shape index (κ1) is 9.70. The lowest BCUT2D eigenvalue weighted by molar-refractivity contribution is -0.149. The Kier molecular flexibility index (Phi) is 3.00. The van der Waals surface area contributed by atoms with Gasteiger partial charge in [0, 0.05) is 19.4 Å². The predicted octanol–water partition coefficient (Wildman–Crippen LogP) is 0.994. The molecule has 0 radical (unpaired) electrons. The minimum Gasteiger partial charge on any atom is -0.463 e. The van der Waals surface area contributed by atoms with Crippen molar-refractivity contribution < 1.29 is 13.9 Å². The summed E-state index contributed by atoms with van der Waals surface area (Å²) in [7, 11) is 1.62. The third kappa shape index (κ3) is 2.05. The molecule has 1 rings (SSSR count). The minimum atomic E-state index is -1.79. The lowest BCUT2D eigenvalue weighted by atomic mass is 10.3. The smallest absolute Gasteiger partial charge is 0.348 e. The standard InChI is InChI=1S/C8H11FN2O2/c1-3-13-8(12)6(9)7-10-4-5-11(7)2/h4-6H,3H2,1-2H3. The number of carbonyl (C=O) groups is 1. The molecule has 1 unspecified atom stereocenters. The monoisotopic (exact) mass is 186 g/mol. The number of hydrogen-bond acceptors (Lipinski definition) is 3. The molecule has 1 aromatic heterocycles. The summed E-state index contributed by atoms with van der Waals surface area (Å²) >= 11 is 0. The van der Waals surface area contributed by atoms with Crippen LogP contribution < -0.4 is 0 Å². The third-order valence-electron chi connectivity index (χ3n) is 1.58. The summed E-state index contributed by atoms with van der Waals surface area (Å²) in [6, 6.07) is 0. The molecule has 0 aliphatic heterocycles. The van der Waals surface area contributed by atoms with E-state index in [0.717, 1.165) is 0 Å². The van der Waals surface area contributed by atoms with E-state index >= 15 is 0 Å². The zero-order valence-corrected chi connectivity index (χ0v) is 7.53. The van der Waals surface area contributed by atoms with Crippen molar-refractivity contribution in [2.24, 2.45) is 7.05 Å². The fraction of sp³-hybridized carbons (Fsp3) is 0.500. The van der Waals surface area contributed by atoms with Gasteiger partial charge in [-0.25, -0.2) is 14.2 Å². The molecule has 4 nitrogen and oxygen atoms in total. The summed E-state index contributed by atoms with van der Waals surface area (Å²) in [6.07, 6.45) is 1.21. The first-order chi connectivity index (χ1) is 6.16. The molecule has 1 aromatic rings. The molecule has 0 aromatic carbocycles. The fourth-order valence-electron chi connectivity index (χ4n) is 0.942. The second kappa shape index (κ2) is 4.02. The van der Waals surface area contributed by atoms with Gasteiger partial charge in [-0.3, -0.25) is 0 Å². The van der Waals surface area contributed by atoms with Crippen LogP contribution in [0.4, 0.5) is 4.39 Å². The molecule has 0 N–H and O–H groups in total. The molecule has 0 saturated carbocycles. The molecular weight excluding hydrogens is 175 g/mol. The Hall–Kier alpha value is -1.39. The Morgan fingerprint density at radius 2 is 2.54 bits per heavy atom. The quantitative estimate of drug-likeness (QED) is 0.661. The van der Waals surface area contributed by atoms with Gasteiger partial charge >= 0.3 is 5.97 Å². The van der Waals surface area contributed by atoms with Crippen LogP contribution in [-0.4, -0.2) is 22.1 Å². The Balaban J connectivity index is 2.73. The topological polar surface area (TPSA) is 44.1 Å². The maximum atomic E-state index is 13.3. The Labute approximate surface area is 75.3 Å². The first-order valence-corrected chi connectivity index (χ1v) is 3.94. The summed E-state index contributed by atoms with van der Waals surface area (Å²) in [5.41, 5.74) is 0. The van der Waals surface area contributed by atoms with Crippen molar-refractivity contribution in [3.63, 3.8) is 0 Å². The minimum absolute atomic E-state index is 0.0680. The number of nitrogens with zero attached hydrogens (tertiary/aromatic N) is 2. The van der Waals surface area contributed by atoms with Gasteiger partial charge in [0.25, 0.3) is 6.17 Å². The largest absolute Gasteiger partial charge is 0.463 e. The van der Waals surface area contributed by atoms with Crippen molar-refractivity contribution in [3.8, 4) is 0 Å². The summed E-state index contributed by atoms with van der Waals surface area (Å²) < 4.78 is 19.2. The number of alkyl halides is 1. The van der Waals surface area contributed by atoms with Crippen molar-refractivity contribution in [3.05, 3.63) is 18.2 Å². The maximum absolute atomic E-state index is 13.3. The highest BCUT2D eigenvalue weighted by molar-refractivity contribution is 5.75. The second-order valence-electron chi connectivity index (χ2n) is 2.51. The summed E-state index contributed by atoms with van der Waals surface area (Å²) in [4.78, 5) is 14.6. The van der Waals surface area contributed by atoms with Crippen LogP contribution in [0.1, 0.15) is 18.9 Å². The van der Waals surface area contributed by atoms with E-state index in [1.165, 1.54) is 10.8 Å². The van der Waals surface area contributed by atoms with Crippen LogP contribution >= 0.6 is 0 Å². The van der Waals surface area contributed by atoms with E-state index in [-0.39, 0.29) is 12.4 Å². The maximum Gasteiger partial charge on any atom is 0.348 e. The molecule has 5 heteroatoms. The number of ether oxygens (including phenoxy) is 1. The number of carbonyl (C=O) groups excluding carboxylic acids is 1. The number of halogens is 1. The molecule has 0 saturated heterocycles. The SMILES string of the molecule is CCOC(=O)C(F)c1nccn1C. The Bertz CT molecular complexity index is 298. The molecule has 0 amide bonds. The van der Waals surface area contributed by atoms with Gasteiger partial charge < -0.3 is 9.30 Å². The number of esters is 1. The summed E-state index contributed by atoms with van der Waals surface area (Å²) in [6.45, 7) is 1.80. The molecule has 0 spiro atoms. The van der Waals surface area contributed by atoms with Gasteiger partial charge in [0.2, 0.25) is 0 Å². The predicted molar refractivity (Wildman–Crippen MR) is 43.7 cm³/mol. The van der Waals surface area contributed by atoms with Crippen molar-refractivity contribution in [2.45, 2.75) is 13.1 Å². The third-order valence-corrected chi connectivity index (χ3v) is 1.58.